The van der Waals surface area contributed by atoms with Gasteiger partial charge in [-0.2, -0.15) is 18.2 Å². The van der Waals surface area contributed by atoms with Crippen LogP contribution in [0.3, 0.4) is 0 Å². The van der Waals surface area contributed by atoms with Gasteiger partial charge in [0.05, 0.1) is 11.1 Å². The van der Waals surface area contributed by atoms with Gasteiger partial charge in [-0.25, -0.2) is 9.78 Å². The summed E-state index contributed by atoms with van der Waals surface area (Å²) in [4.78, 5) is 19.9. The normalized spacial score (nSPS) is 11.7. The van der Waals surface area contributed by atoms with Crippen LogP contribution in [0, 0.1) is 0 Å². The van der Waals surface area contributed by atoms with Crippen LogP contribution in [0.2, 0.25) is 5.28 Å². The topological polar surface area (TPSA) is 73.3 Å². The first-order valence-electron chi connectivity index (χ1n) is 9.39. The molecule has 168 valence electrons. The number of alkyl halides is 3. The number of carbonyl (C=O) groups is 1. The van der Waals surface area contributed by atoms with Crippen LogP contribution in [-0.4, -0.2) is 21.7 Å². The highest BCUT2D eigenvalue weighted by Crippen LogP contribution is 2.35. The molecule has 0 aliphatic carbocycles. The van der Waals surface area contributed by atoms with Gasteiger partial charge >= 0.3 is 12.3 Å². The molecule has 32 heavy (non-hydrogen) atoms. The minimum atomic E-state index is -4.45. The van der Waals surface area contributed by atoms with E-state index in [-0.39, 0.29) is 11.2 Å². The average Bonchev–Trinajstić information content (AvgIpc) is 2.66. The fraction of sp³-hybridized carbons (Fsp3) is 0.227. The SMILES string of the molecule is CC(C)(C)OC(=O)Nc1cccc(Oc2nc(Cl)ncc2-c2ccc(C(F)(F)F)cc2)c1. The van der Waals surface area contributed by atoms with Gasteiger partial charge in [0.1, 0.15) is 11.4 Å². The van der Waals surface area contributed by atoms with Gasteiger partial charge in [0, 0.05) is 18.0 Å². The highest BCUT2D eigenvalue weighted by molar-refractivity contribution is 6.28. The predicted octanol–water partition coefficient (Wildman–Crippen LogP) is 6.96. The molecular formula is C22H19ClF3N3O3. The van der Waals surface area contributed by atoms with Crippen molar-refractivity contribution < 1.29 is 27.4 Å². The zero-order chi connectivity index (χ0) is 23.5. The van der Waals surface area contributed by atoms with E-state index in [1.165, 1.54) is 24.4 Å². The third-order valence-electron chi connectivity index (χ3n) is 3.94. The molecular weight excluding hydrogens is 447 g/mol. The number of nitrogens with one attached hydrogen (secondary N) is 1. The molecule has 0 spiro atoms. The molecule has 0 bridgehead atoms. The van der Waals surface area contributed by atoms with Gasteiger partial charge < -0.3 is 9.47 Å². The quantitative estimate of drug-likeness (QED) is 0.422. The Morgan fingerprint density at radius 3 is 2.38 bits per heavy atom. The molecule has 1 heterocycles. The number of ether oxygens (including phenoxy) is 2. The van der Waals surface area contributed by atoms with Gasteiger partial charge in [-0.05, 0) is 62.2 Å². The molecule has 0 saturated carbocycles. The fourth-order valence-corrected chi connectivity index (χ4v) is 2.76. The number of halogens is 4. The van der Waals surface area contributed by atoms with Crippen molar-refractivity contribution in [3.8, 4) is 22.8 Å². The molecule has 0 aliphatic heterocycles. The second-order valence-electron chi connectivity index (χ2n) is 7.69. The Labute approximate surface area is 187 Å². The monoisotopic (exact) mass is 465 g/mol. The number of hydrogen-bond donors (Lipinski definition) is 1. The smallest absolute Gasteiger partial charge is 0.416 e. The fourth-order valence-electron chi connectivity index (χ4n) is 2.63. The molecule has 0 aliphatic rings. The summed E-state index contributed by atoms with van der Waals surface area (Å²) in [6, 6.07) is 10.9. The summed E-state index contributed by atoms with van der Waals surface area (Å²) in [5.74, 6) is 0.348. The molecule has 10 heteroatoms. The first-order valence-corrected chi connectivity index (χ1v) is 9.76. The van der Waals surface area contributed by atoms with Crippen molar-refractivity contribution in [1.82, 2.24) is 9.97 Å². The molecule has 1 amide bonds. The molecule has 0 atom stereocenters. The molecule has 0 fully saturated rings. The summed E-state index contributed by atoms with van der Waals surface area (Å²) < 4.78 is 49.6. The molecule has 1 aromatic heterocycles. The van der Waals surface area contributed by atoms with Crippen LogP contribution in [0.5, 0.6) is 11.6 Å². The number of carbonyl (C=O) groups excluding carboxylic acids is 1. The van der Waals surface area contributed by atoms with Gasteiger partial charge in [0.2, 0.25) is 11.2 Å². The number of amides is 1. The molecule has 0 saturated heterocycles. The summed E-state index contributed by atoms with van der Waals surface area (Å²) in [6.07, 6.45) is -3.73. The Hall–Kier alpha value is -3.33. The van der Waals surface area contributed by atoms with Crippen LogP contribution >= 0.6 is 11.6 Å². The second kappa shape index (κ2) is 9.04. The highest BCUT2D eigenvalue weighted by Gasteiger charge is 2.30. The molecule has 0 radical (unpaired) electrons. The van der Waals surface area contributed by atoms with Crippen LogP contribution in [0.1, 0.15) is 26.3 Å². The van der Waals surface area contributed by atoms with Crippen molar-refractivity contribution >= 4 is 23.4 Å². The average molecular weight is 466 g/mol. The standard InChI is InChI=1S/C22H19ClF3N3O3/c1-21(2,3)32-20(30)28-15-5-4-6-16(11-15)31-18-17(12-27-19(23)29-18)13-7-9-14(10-8-13)22(24,25)26/h4-12H,1-3H3,(H,28,30). The van der Waals surface area contributed by atoms with Crippen molar-refractivity contribution in [2.24, 2.45) is 0 Å². The van der Waals surface area contributed by atoms with E-state index in [2.05, 4.69) is 15.3 Å². The summed E-state index contributed by atoms with van der Waals surface area (Å²) in [5.41, 5.74) is -0.277. The number of anilines is 1. The maximum Gasteiger partial charge on any atom is 0.416 e. The number of benzene rings is 2. The lowest BCUT2D eigenvalue weighted by Crippen LogP contribution is -2.27. The minimum Gasteiger partial charge on any atom is -0.444 e. The van der Waals surface area contributed by atoms with E-state index in [9.17, 15) is 18.0 Å². The molecule has 6 nitrogen and oxygen atoms in total. The number of rotatable bonds is 4. The number of hydrogen-bond acceptors (Lipinski definition) is 5. The summed E-state index contributed by atoms with van der Waals surface area (Å²) in [7, 11) is 0. The van der Waals surface area contributed by atoms with E-state index < -0.39 is 23.4 Å². The van der Waals surface area contributed by atoms with Crippen molar-refractivity contribution in [2.45, 2.75) is 32.5 Å². The lowest BCUT2D eigenvalue weighted by atomic mass is 10.1. The molecule has 3 aromatic rings. The molecule has 3 rings (SSSR count). The van der Waals surface area contributed by atoms with Crippen molar-refractivity contribution in [3.63, 3.8) is 0 Å². The lowest BCUT2D eigenvalue weighted by Gasteiger charge is -2.19. The Morgan fingerprint density at radius 1 is 1.06 bits per heavy atom. The maximum atomic E-state index is 12.9. The van der Waals surface area contributed by atoms with Gasteiger partial charge in [-0.1, -0.05) is 18.2 Å². The van der Waals surface area contributed by atoms with Crippen LogP contribution in [-0.2, 0) is 10.9 Å². The largest absolute Gasteiger partial charge is 0.444 e. The third kappa shape index (κ3) is 6.34. The van der Waals surface area contributed by atoms with Gasteiger partial charge in [0.25, 0.3) is 0 Å². The Kier molecular flexibility index (Phi) is 6.59. The van der Waals surface area contributed by atoms with Gasteiger partial charge in [-0.15, -0.1) is 0 Å². The van der Waals surface area contributed by atoms with Crippen molar-refractivity contribution in [2.75, 3.05) is 5.32 Å². The highest BCUT2D eigenvalue weighted by atomic mass is 35.5. The Balaban J connectivity index is 1.85. The van der Waals surface area contributed by atoms with Crippen LogP contribution < -0.4 is 10.1 Å². The summed E-state index contributed by atoms with van der Waals surface area (Å²) >= 11 is 5.89. The zero-order valence-electron chi connectivity index (χ0n) is 17.3. The third-order valence-corrected chi connectivity index (χ3v) is 4.12. The minimum absolute atomic E-state index is 0.0409. The van der Waals surface area contributed by atoms with Crippen LogP contribution in [0.4, 0.5) is 23.7 Å². The zero-order valence-corrected chi connectivity index (χ0v) is 18.1. The Bertz CT molecular complexity index is 1110. The molecule has 2 aromatic carbocycles. The predicted molar refractivity (Wildman–Crippen MR) is 114 cm³/mol. The number of aromatic nitrogens is 2. The molecule has 1 N–H and O–H groups in total. The lowest BCUT2D eigenvalue weighted by molar-refractivity contribution is -0.137. The first-order chi connectivity index (χ1) is 14.9. The van der Waals surface area contributed by atoms with Gasteiger partial charge in [0.15, 0.2) is 0 Å². The molecule has 0 unspecified atom stereocenters. The van der Waals surface area contributed by atoms with Gasteiger partial charge in [-0.3, -0.25) is 5.32 Å². The van der Waals surface area contributed by atoms with E-state index in [1.54, 1.807) is 39.0 Å². The van der Waals surface area contributed by atoms with Crippen LogP contribution in [0.25, 0.3) is 11.1 Å². The second-order valence-corrected chi connectivity index (χ2v) is 8.03. The van der Waals surface area contributed by atoms with E-state index in [0.717, 1.165) is 12.1 Å². The number of nitrogens with zero attached hydrogens (tertiary/aromatic N) is 2. The van der Waals surface area contributed by atoms with E-state index in [4.69, 9.17) is 21.1 Å². The van der Waals surface area contributed by atoms with E-state index >= 15 is 0 Å². The van der Waals surface area contributed by atoms with Crippen LogP contribution in [0.15, 0.2) is 54.7 Å². The van der Waals surface area contributed by atoms with E-state index in [0.29, 0.717) is 22.6 Å². The summed E-state index contributed by atoms with van der Waals surface area (Å²) in [5, 5.41) is 2.50. The van der Waals surface area contributed by atoms with E-state index in [1.807, 2.05) is 0 Å². The first kappa shape index (κ1) is 23.3. The Morgan fingerprint density at radius 2 is 1.75 bits per heavy atom. The summed E-state index contributed by atoms with van der Waals surface area (Å²) in [6.45, 7) is 5.23. The maximum absolute atomic E-state index is 12.9. The van der Waals surface area contributed by atoms with Crippen molar-refractivity contribution in [1.29, 1.82) is 0 Å². The van der Waals surface area contributed by atoms with Crippen molar-refractivity contribution in [3.05, 3.63) is 65.6 Å².